The van der Waals surface area contributed by atoms with E-state index in [0.717, 1.165) is 82.1 Å². The molecule has 0 bridgehead atoms. The smallest absolute Gasteiger partial charge is 0.272 e. The van der Waals surface area contributed by atoms with E-state index < -0.39 is 6.10 Å². The molecule has 1 saturated carbocycles. The van der Waals surface area contributed by atoms with Crippen molar-refractivity contribution in [2.24, 2.45) is 0 Å². The third-order valence-corrected chi connectivity index (χ3v) is 9.25. The maximum atomic E-state index is 13.6. The predicted octanol–water partition coefficient (Wildman–Crippen LogP) is 6.66. The van der Waals surface area contributed by atoms with Crippen LogP contribution in [0.3, 0.4) is 0 Å². The maximum absolute atomic E-state index is 13.6. The molecular weight excluding hydrogens is 704 g/mol. The molecule has 2 aromatic carbocycles. The fourth-order valence-corrected chi connectivity index (χ4v) is 6.62. The Morgan fingerprint density at radius 1 is 1.11 bits per heavy atom. The molecule has 2 atom stereocenters. The van der Waals surface area contributed by atoms with Crippen LogP contribution in [0, 0.1) is 0 Å². The molecule has 2 aliphatic rings. The van der Waals surface area contributed by atoms with E-state index in [2.05, 4.69) is 86.9 Å². The first kappa shape index (κ1) is 27.6. The number of hydrogen-bond acceptors (Lipinski definition) is 4. The monoisotopic (exact) mass is 737 g/mol. The normalized spacial score (nSPS) is 20.3. The Balaban J connectivity index is 1.66. The van der Waals surface area contributed by atoms with Crippen LogP contribution in [0.25, 0.3) is 17.3 Å². The summed E-state index contributed by atoms with van der Waals surface area (Å²) in [4.78, 5) is 13.6. The minimum absolute atomic E-state index is 0.184. The van der Waals surface area contributed by atoms with Gasteiger partial charge in [0.15, 0.2) is 5.69 Å². The number of aliphatic hydroxyl groups excluding tert-OH is 1. The third kappa shape index (κ3) is 5.82. The quantitative estimate of drug-likeness (QED) is 0.162. The number of halogens is 2. The molecule has 3 aromatic rings. The number of fused-ring (bicyclic) bond motifs is 1. The molecule has 5 rings (SSSR count). The van der Waals surface area contributed by atoms with Gasteiger partial charge in [-0.05, 0) is 91.5 Å². The predicted molar refractivity (Wildman–Crippen MR) is 169 cm³/mol. The van der Waals surface area contributed by atoms with Gasteiger partial charge in [-0.15, -0.1) is 0 Å². The highest BCUT2D eigenvalue weighted by atomic mass is 127. The number of rotatable bonds is 7. The Labute approximate surface area is 251 Å². The average Bonchev–Trinajstić information content (AvgIpc) is 3.46. The zero-order valence-corrected chi connectivity index (χ0v) is 25.9. The zero-order valence-electron chi connectivity index (χ0n) is 21.6. The Morgan fingerprint density at radius 3 is 2.58 bits per heavy atom. The molecule has 0 unspecified atom stereocenters. The fourth-order valence-electron chi connectivity index (χ4n) is 5.53. The van der Waals surface area contributed by atoms with E-state index in [-0.39, 0.29) is 11.9 Å². The Bertz CT molecular complexity index is 1330. The summed E-state index contributed by atoms with van der Waals surface area (Å²) in [7, 11) is 1.68. The molecule has 1 fully saturated rings. The van der Waals surface area contributed by atoms with Crippen molar-refractivity contribution in [1.82, 2.24) is 15.1 Å². The lowest BCUT2D eigenvalue weighted by molar-refractivity contribution is 0.0867. The van der Waals surface area contributed by atoms with Gasteiger partial charge in [0.25, 0.3) is 5.91 Å². The summed E-state index contributed by atoms with van der Waals surface area (Å²) in [6.45, 7) is 0. The number of carbonyl (C=O) groups is 1. The summed E-state index contributed by atoms with van der Waals surface area (Å²) in [6.07, 6.45) is 7.96. The number of alkyl halides is 2. The first-order valence-corrected chi connectivity index (χ1v) is 16.3. The van der Waals surface area contributed by atoms with Gasteiger partial charge in [-0.1, -0.05) is 69.4 Å². The van der Waals surface area contributed by atoms with E-state index in [1.807, 2.05) is 16.8 Å². The molecule has 1 aromatic heterocycles. The average molecular weight is 737 g/mol. The second-order valence-corrected chi connectivity index (χ2v) is 11.6. The van der Waals surface area contributed by atoms with E-state index in [0.29, 0.717) is 5.69 Å². The van der Waals surface area contributed by atoms with E-state index in [1.54, 1.807) is 7.11 Å². The van der Waals surface area contributed by atoms with Crippen LogP contribution in [0.15, 0.2) is 42.5 Å². The lowest BCUT2D eigenvalue weighted by atomic mass is 10.0. The lowest BCUT2D eigenvalue weighted by Crippen LogP contribution is -2.40. The number of nitrogens with zero attached hydrogens (tertiary/aromatic N) is 2. The summed E-state index contributed by atoms with van der Waals surface area (Å²) in [5.74, 6) is 0.644. The number of amides is 1. The van der Waals surface area contributed by atoms with Gasteiger partial charge in [0.1, 0.15) is 5.75 Å². The Hall–Kier alpha value is -1.92. The fraction of sp³-hybridized carbons (Fsp3) is 0.400. The van der Waals surface area contributed by atoms with Crippen LogP contribution >= 0.6 is 45.2 Å². The van der Waals surface area contributed by atoms with Gasteiger partial charge < -0.3 is 15.2 Å². The van der Waals surface area contributed by atoms with Crippen LogP contribution in [-0.2, 0) is 15.3 Å². The van der Waals surface area contributed by atoms with Crippen molar-refractivity contribution < 1.29 is 14.6 Å². The topological polar surface area (TPSA) is 76.4 Å². The van der Waals surface area contributed by atoms with Crippen molar-refractivity contribution in [2.45, 2.75) is 65.9 Å². The maximum Gasteiger partial charge on any atom is 0.272 e. The zero-order chi connectivity index (χ0) is 26.6. The molecule has 2 aliphatic carbocycles. The minimum Gasteiger partial charge on any atom is -0.497 e. The number of hydrogen-bond donors (Lipinski definition) is 2. The Kier molecular flexibility index (Phi) is 9.10. The molecule has 0 saturated heterocycles. The number of aliphatic hydroxyl groups is 1. The summed E-state index contributed by atoms with van der Waals surface area (Å²) in [5, 5.41) is 18.5. The van der Waals surface area contributed by atoms with E-state index in [9.17, 15) is 9.90 Å². The number of methoxy groups -OCH3 is 1. The number of aromatic nitrogens is 2. The first-order valence-electron chi connectivity index (χ1n) is 13.2. The van der Waals surface area contributed by atoms with Crippen LogP contribution in [0.5, 0.6) is 5.75 Å². The second kappa shape index (κ2) is 12.5. The van der Waals surface area contributed by atoms with Crippen molar-refractivity contribution in [3.05, 3.63) is 76.1 Å². The van der Waals surface area contributed by atoms with Crippen molar-refractivity contribution in [3.8, 4) is 11.4 Å². The van der Waals surface area contributed by atoms with Gasteiger partial charge in [0.05, 0.1) is 30.6 Å². The van der Waals surface area contributed by atoms with Crippen LogP contribution in [-0.4, -0.2) is 40.0 Å². The van der Waals surface area contributed by atoms with Crippen molar-refractivity contribution in [3.63, 3.8) is 0 Å². The Morgan fingerprint density at radius 2 is 1.89 bits per heavy atom. The molecule has 200 valence electrons. The first-order chi connectivity index (χ1) is 18.5. The van der Waals surface area contributed by atoms with Crippen LogP contribution in [0.4, 0.5) is 0 Å². The molecule has 38 heavy (non-hydrogen) atoms. The number of allylic oxidation sites excluding steroid dienone is 1. The molecule has 8 heteroatoms. The molecule has 0 radical (unpaired) electrons. The van der Waals surface area contributed by atoms with Gasteiger partial charge in [0, 0.05) is 14.4 Å². The SMILES string of the molecule is COc1ccc(/C=C2\CCCCc3c(C(=O)N[C@@H]4CCC[C@H]4O)nn(-c4ccc(CI)cc4CI)c32)cc1. The van der Waals surface area contributed by atoms with E-state index in [4.69, 9.17) is 9.84 Å². The number of ether oxygens (including phenoxy) is 1. The third-order valence-electron chi connectivity index (χ3n) is 7.55. The summed E-state index contributed by atoms with van der Waals surface area (Å²) in [5.41, 5.74) is 8.31. The van der Waals surface area contributed by atoms with Crippen molar-refractivity contribution >= 4 is 62.7 Å². The molecule has 1 heterocycles. The highest BCUT2D eigenvalue weighted by molar-refractivity contribution is 14.1. The molecule has 0 spiro atoms. The van der Waals surface area contributed by atoms with Crippen molar-refractivity contribution in [2.75, 3.05) is 7.11 Å². The van der Waals surface area contributed by atoms with Crippen LogP contribution in [0.1, 0.15) is 77.0 Å². The van der Waals surface area contributed by atoms with E-state index >= 15 is 0 Å². The lowest BCUT2D eigenvalue weighted by Gasteiger charge is -2.16. The summed E-state index contributed by atoms with van der Waals surface area (Å²) >= 11 is 4.81. The standard InChI is InChI=1S/C30H33I2N3O3/c1-38-23-12-9-19(10-13-23)15-21-5-2-3-6-24-28(30(37)33-25-7-4-8-27(25)36)34-35(29(21)24)26-14-11-20(17-31)16-22(26)18-32/h9-16,25,27,36H,2-8,17-18H2,1H3,(H,33,37)/b21-15+/t25-,27-/m1/s1. The second-order valence-electron chi connectivity index (χ2n) is 10.0. The minimum atomic E-state index is -0.489. The highest BCUT2D eigenvalue weighted by Gasteiger charge is 2.32. The largest absolute Gasteiger partial charge is 0.497 e. The molecule has 0 aliphatic heterocycles. The van der Waals surface area contributed by atoms with Crippen LogP contribution in [0.2, 0.25) is 0 Å². The van der Waals surface area contributed by atoms with Gasteiger partial charge in [-0.3, -0.25) is 4.79 Å². The molecule has 1 amide bonds. The number of benzene rings is 2. The number of carbonyl (C=O) groups excluding carboxylic acids is 1. The van der Waals surface area contributed by atoms with Gasteiger partial charge in [-0.25, -0.2) is 4.68 Å². The van der Waals surface area contributed by atoms with Gasteiger partial charge >= 0.3 is 0 Å². The number of nitrogens with one attached hydrogen (secondary N) is 1. The van der Waals surface area contributed by atoms with Gasteiger partial charge in [0.2, 0.25) is 0 Å². The highest BCUT2D eigenvalue weighted by Crippen LogP contribution is 2.36. The van der Waals surface area contributed by atoms with Crippen molar-refractivity contribution in [1.29, 1.82) is 0 Å². The summed E-state index contributed by atoms with van der Waals surface area (Å²) in [6, 6.07) is 14.4. The summed E-state index contributed by atoms with van der Waals surface area (Å²) < 4.78 is 9.16. The molecular formula is C30H33I2N3O3. The van der Waals surface area contributed by atoms with E-state index in [1.165, 1.54) is 16.7 Å². The van der Waals surface area contributed by atoms with Gasteiger partial charge in [-0.2, -0.15) is 5.10 Å². The van der Waals surface area contributed by atoms with Crippen LogP contribution < -0.4 is 10.1 Å². The molecule has 2 N–H and O–H groups in total. The molecule has 6 nitrogen and oxygen atoms in total.